The molecule has 156 valence electrons. The lowest BCUT2D eigenvalue weighted by atomic mass is 9.92. The Balaban J connectivity index is 1.56. The molecule has 1 aromatic rings. The zero-order valence-corrected chi connectivity index (χ0v) is 16.9. The molecule has 1 aromatic heterocycles. The van der Waals surface area contributed by atoms with Crippen molar-refractivity contribution in [3.63, 3.8) is 0 Å². The average Bonchev–Trinajstić information content (AvgIpc) is 3.23. The van der Waals surface area contributed by atoms with E-state index in [1.54, 1.807) is 11.2 Å². The summed E-state index contributed by atoms with van der Waals surface area (Å²) in [5, 5.41) is 19.3. The van der Waals surface area contributed by atoms with E-state index in [4.69, 9.17) is 4.74 Å². The van der Waals surface area contributed by atoms with Crippen molar-refractivity contribution in [1.82, 2.24) is 29.5 Å². The van der Waals surface area contributed by atoms with Gasteiger partial charge in [-0.3, -0.25) is 14.6 Å². The van der Waals surface area contributed by atoms with Gasteiger partial charge in [0.2, 0.25) is 5.91 Å². The smallest absolute Gasteiger partial charge is 0.410 e. The van der Waals surface area contributed by atoms with Crippen molar-refractivity contribution < 1.29 is 19.4 Å². The van der Waals surface area contributed by atoms with Crippen LogP contribution in [0.2, 0.25) is 0 Å². The van der Waals surface area contributed by atoms with Gasteiger partial charge in [0.25, 0.3) is 0 Å². The average molecular weight is 394 g/mol. The van der Waals surface area contributed by atoms with E-state index in [0.717, 1.165) is 12.2 Å². The van der Waals surface area contributed by atoms with Crippen LogP contribution in [0.15, 0.2) is 6.33 Å². The van der Waals surface area contributed by atoms with Gasteiger partial charge in [-0.1, -0.05) is 0 Å². The molecule has 3 rings (SSSR count). The van der Waals surface area contributed by atoms with Crippen LogP contribution in [0.5, 0.6) is 0 Å². The lowest BCUT2D eigenvalue weighted by molar-refractivity contribution is -0.139. The first-order valence-electron chi connectivity index (χ1n) is 9.76. The highest BCUT2D eigenvalue weighted by Crippen LogP contribution is 2.23. The van der Waals surface area contributed by atoms with Gasteiger partial charge in [-0.25, -0.2) is 4.79 Å². The minimum atomic E-state index is -0.989. The van der Waals surface area contributed by atoms with E-state index in [1.807, 2.05) is 16.5 Å². The molecule has 1 atom stereocenters. The molecule has 0 radical (unpaired) electrons. The number of carbonyl (C=O) groups excluding carboxylic acids is 2. The summed E-state index contributed by atoms with van der Waals surface area (Å²) in [6, 6.07) is 0.265. The number of aliphatic hydroxyl groups is 1. The zero-order valence-electron chi connectivity index (χ0n) is 16.9. The maximum Gasteiger partial charge on any atom is 0.410 e. The summed E-state index contributed by atoms with van der Waals surface area (Å²) in [6.45, 7) is 6.74. The van der Waals surface area contributed by atoms with Crippen molar-refractivity contribution in [2.45, 2.75) is 44.9 Å². The zero-order chi connectivity index (χ0) is 20.3. The highest BCUT2D eigenvalue weighted by molar-refractivity contribution is 5.83. The molecule has 0 saturated carbocycles. The largest absolute Gasteiger partial charge is 0.448 e. The Morgan fingerprint density at radius 3 is 2.89 bits per heavy atom. The summed E-state index contributed by atoms with van der Waals surface area (Å²) in [6.07, 6.45) is 2.62. The third-order valence-electron chi connectivity index (χ3n) is 5.26. The maximum atomic E-state index is 12.6. The molecular formula is C18H30N6O4. The predicted octanol–water partition coefficient (Wildman–Crippen LogP) is 0.0965. The highest BCUT2D eigenvalue weighted by Gasteiger charge is 2.37. The number of cyclic esters (lactones) is 1. The number of likely N-dealkylation sites (tertiary alicyclic amines) is 1. The molecule has 0 aromatic carbocycles. The van der Waals surface area contributed by atoms with Crippen LogP contribution in [-0.4, -0.2) is 98.6 Å². The number of piperidine rings is 1. The van der Waals surface area contributed by atoms with Crippen molar-refractivity contribution in [2.24, 2.45) is 0 Å². The molecule has 2 saturated heterocycles. The summed E-state index contributed by atoms with van der Waals surface area (Å²) >= 11 is 0. The summed E-state index contributed by atoms with van der Waals surface area (Å²) < 4.78 is 6.88. The van der Waals surface area contributed by atoms with Crippen molar-refractivity contribution in [2.75, 3.05) is 46.4 Å². The van der Waals surface area contributed by atoms with Gasteiger partial charge in [0, 0.05) is 19.1 Å². The summed E-state index contributed by atoms with van der Waals surface area (Å²) in [5.41, 5.74) is -0.989. The Kier molecular flexibility index (Phi) is 6.19. The normalized spacial score (nSPS) is 23.0. The Morgan fingerprint density at radius 1 is 1.43 bits per heavy atom. The second kappa shape index (κ2) is 8.44. The Morgan fingerprint density at radius 2 is 2.21 bits per heavy atom. The number of amides is 2. The first-order chi connectivity index (χ1) is 13.3. The summed E-state index contributed by atoms with van der Waals surface area (Å²) in [5.74, 6) is 0.691. The van der Waals surface area contributed by atoms with E-state index in [2.05, 4.69) is 24.0 Å². The van der Waals surface area contributed by atoms with E-state index >= 15 is 0 Å². The van der Waals surface area contributed by atoms with Crippen molar-refractivity contribution in [1.29, 1.82) is 0 Å². The fourth-order valence-corrected chi connectivity index (χ4v) is 3.90. The molecule has 10 heteroatoms. The quantitative estimate of drug-likeness (QED) is 0.699. The first-order valence-corrected chi connectivity index (χ1v) is 9.76. The molecule has 2 aliphatic heterocycles. The van der Waals surface area contributed by atoms with Gasteiger partial charge in [-0.15, -0.1) is 10.2 Å². The van der Waals surface area contributed by atoms with Crippen LogP contribution < -0.4 is 0 Å². The Hall–Kier alpha value is -2.20. The monoisotopic (exact) mass is 394 g/mol. The van der Waals surface area contributed by atoms with Gasteiger partial charge in [-0.2, -0.15) is 0 Å². The van der Waals surface area contributed by atoms with E-state index < -0.39 is 11.7 Å². The van der Waals surface area contributed by atoms with Gasteiger partial charge in [-0.05, 0) is 33.7 Å². The van der Waals surface area contributed by atoms with Crippen LogP contribution >= 0.6 is 0 Å². The minimum absolute atomic E-state index is 0.00223. The number of aromatic nitrogens is 3. The van der Waals surface area contributed by atoms with E-state index in [9.17, 15) is 14.7 Å². The number of carbonyl (C=O) groups is 2. The molecule has 1 N–H and O–H groups in total. The van der Waals surface area contributed by atoms with Crippen LogP contribution in [0, 0.1) is 0 Å². The summed E-state index contributed by atoms with van der Waals surface area (Å²) in [4.78, 5) is 29.2. The van der Waals surface area contributed by atoms with Gasteiger partial charge in [0.15, 0.2) is 0 Å². The number of rotatable bonds is 7. The molecule has 2 fully saturated rings. The highest BCUT2D eigenvalue weighted by atomic mass is 16.6. The number of likely N-dealkylation sites (N-methyl/N-ethyl adjacent to an activating group) is 1. The lowest BCUT2D eigenvalue weighted by Crippen LogP contribution is -2.56. The van der Waals surface area contributed by atoms with Gasteiger partial charge < -0.3 is 19.3 Å². The molecule has 10 nitrogen and oxygen atoms in total. The third kappa shape index (κ3) is 4.79. The molecule has 0 aliphatic carbocycles. The van der Waals surface area contributed by atoms with Gasteiger partial charge in [0.1, 0.15) is 25.3 Å². The van der Waals surface area contributed by atoms with Crippen LogP contribution in [0.3, 0.4) is 0 Å². The minimum Gasteiger partial charge on any atom is -0.448 e. The molecule has 2 aliphatic rings. The van der Waals surface area contributed by atoms with Crippen LogP contribution in [0.1, 0.15) is 38.6 Å². The number of ether oxygens (including phenoxy) is 1. The van der Waals surface area contributed by atoms with E-state index in [0.29, 0.717) is 39.2 Å². The lowest BCUT2D eigenvalue weighted by Gasteiger charge is -2.41. The Bertz CT molecular complexity index is 708. The standard InChI is InChI=1S/C18H30N6O4/c1-14(2)24-13-19-20-15(24)9-21(3)11-18(27)5-4-6-23(12-18)16(25)10-22-7-8-28-17(22)26/h13-14,27H,4-12H2,1-3H3. The SMILES string of the molecule is CC(C)n1cnnc1CN(C)CC1(O)CCCN(C(=O)CN2CCOC2=O)C1. The Labute approximate surface area is 165 Å². The van der Waals surface area contributed by atoms with E-state index in [-0.39, 0.29) is 25.0 Å². The molecule has 3 heterocycles. The fourth-order valence-electron chi connectivity index (χ4n) is 3.90. The van der Waals surface area contributed by atoms with Crippen LogP contribution in [-0.2, 0) is 16.1 Å². The van der Waals surface area contributed by atoms with Gasteiger partial charge >= 0.3 is 6.09 Å². The topological polar surface area (TPSA) is 104 Å². The number of hydrogen-bond acceptors (Lipinski definition) is 7. The second-order valence-corrected chi connectivity index (χ2v) is 8.10. The van der Waals surface area contributed by atoms with Crippen molar-refractivity contribution >= 4 is 12.0 Å². The van der Waals surface area contributed by atoms with Crippen LogP contribution in [0.25, 0.3) is 0 Å². The van der Waals surface area contributed by atoms with Crippen LogP contribution in [0.4, 0.5) is 4.79 Å². The number of hydrogen-bond donors (Lipinski definition) is 1. The number of β-amino-alcohol motifs (C(OH)–C–C–N with tert-alkyl or cyclic N) is 1. The molecule has 0 spiro atoms. The van der Waals surface area contributed by atoms with E-state index in [1.165, 1.54) is 4.90 Å². The van der Waals surface area contributed by atoms with Crippen molar-refractivity contribution in [3.8, 4) is 0 Å². The molecule has 1 unspecified atom stereocenters. The molecule has 28 heavy (non-hydrogen) atoms. The fraction of sp³-hybridized carbons (Fsp3) is 0.778. The molecule has 0 bridgehead atoms. The summed E-state index contributed by atoms with van der Waals surface area (Å²) in [7, 11) is 1.93. The van der Waals surface area contributed by atoms with Crippen molar-refractivity contribution in [3.05, 3.63) is 12.2 Å². The first kappa shape index (κ1) is 20.5. The predicted molar refractivity (Wildman–Crippen MR) is 100 cm³/mol. The number of nitrogens with zero attached hydrogens (tertiary/aromatic N) is 6. The second-order valence-electron chi connectivity index (χ2n) is 8.10. The maximum absolute atomic E-state index is 12.6. The molecule has 2 amide bonds. The van der Waals surface area contributed by atoms with Gasteiger partial charge in [0.05, 0.1) is 25.2 Å². The third-order valence-corrected chi connectivity index (χ3v) is 5.26. The molecular weight excluding hydrogens is 364 g/mol.